The van der Waals surface area contributed by atoms with Crippen LogP contribution in [0.25, 0.3) is 22.9 Å². The zero-order valence-electron chi connectivity index (χ0n) is 33.1. The predicted molar refractivity (Wildman–Crippen MR) is 188 cm³/mol. The van der Waals surface area contributed by atoms with Crippen molar-refractivity contribution in [2.45, 2.75) is 112 Å². The molecule has 326 valence electrons. The molecule has 0 fully saturated rings. The molecule has 0 amide bonds. The molecule has 0 N–H and O–H groups in total. The Kier molecular flexibility index (Phi) is 15.0. The van der Waals surface area contributed by atoms with Crippen molar-refractivity contribution < 1.29 is 75.4 Å². The third kappa shape index (κ3) is 9.17. The summed E-state index contributed by atoms with van der Waals surface area (Å²) in [4.78, 5) is 0. The number of hydrogen-bond donors (Lipinski definition) is 0. The number of ether oxygens (including phenoxy) is 2. The van der Waals surface area contributed by atoms with Gasteiger partial charge in [0.25, 0.3) is 11.8 Å². The quantitative estimate of drug-likeness (QED) is 0.0659. The third-order valence-electron chi connectivity index (χ3n) is 10.1. The van der Waals surface area contributed by atoms with Crippen LogP contribution >= 0.6 is 0 Å². The number of hydrogen-bond acceptors (Lipinski definition) is 5. The Balaban J connectivity index is 2.09. The Bertz CT molecular complexity index is 2080. The van der Waals surface area contributed by atoms with Crippen molar-refractivity contribution in [1.82, 2.24) is 10.2 Å². The molecule has 1 heterocycles. The Morgan fingerprint density at radius 3 is 1.31 bits per heavy atom. The number of alkyl halides is 6. The van der Waals surface area contributed by atoms with E-state index in [0.717, 1.165) is 13.0 Å². The van der Waals surface area contributed by atoms with Crippen molar-refractivity contribution >= 4 is 0 Å². The van der Waals surface area contributed by atoms with Crippen LogP contribution < -0.4 is 4.74 Å². The minimum atomic E-state index is -6.01. The second kappa shape index (κ2) is 18.2. The first kappa shape index (κ1) is 48.5. The molecule has 0 radical (unpaired) electrons. The van der Waals surface area contributed by atoms with Crippen molar-refractivity contribution in [3.05, 3.63) is 99.1 Å². The van der Waals surface area contributed by atoms with E-state index in [1.807, 2.05) is 0 Å². The van der Waals surface area contributed by atoms with Crippen LogP contribution in [0.1, 0.15) is 99.5 Å². The summed E-state index contributed by atoms with van der Waals surface area (Å²) in [6, 6.07) is 0. The van der Waals surface area contributed by atoms with Gasteiger partial charge >= 0.3 is 12.4 Å². The lowest BCUT2D eigenvalue weighted by atomic mass is 9.72. The number of aromatic nitrogens is 2. The molecule has 0 aliphatic rings. The fourth-order valence-corrected chi connectivity index (χ4v) is 6.32. The highest BCUT2D eigenvalue weighted by Gasteiger charge is 2.72. The summed E-state index contributed by atoms with van der Waals surface area (Å²) in [5.41, 5.74) is -12.3. The van der Waals surface area contributed by atoms with E-state index >= 15 is 26.3 Å². The smallest absolute Gasteiger partial charge is 0.410 e. The molecule has 2 aromatic carbocycles. The lowest BCUT2D eigenvalue weighted by molar-refractivity contribution is -0.310. The predicted octanol–water partition coefficient (Wildman–Crippen LogP) is 14.2. The molecule has 0 unspecified atom stereocenters. The summed E-state index contributed by atoms with van der Waals surface area (Å²) >= 11 is 0. The fourth-order valence-electron chi connectivity index (χ4n) is 6.32. The summed E-state index contributed by atoms with van der Waals surface area (Å²) in [6.45, 7) is 11.5. The van der Waals surface area contributed by atoms with Crippen LogP contribution in [-0.4, -0.2) is 28.2 Å². The number of allylic oxidation sites excluding steroid dienone is 8. The largest absolute Gasteiger partial charge is 0.492 e. The van der Waals surface area contributed by atoms with Crippen molar-refractivity contribution in [3.63, 3.8) is 0 Å². The molecular formula is C40H40F14N2O3. The monoisotopic (exact) mass is 862 g/mol. The first-order valence-corrected chi connectivity index (χ1v) is 18.0. The van der Waals surface area contributed by atoms with Gasteiger partial charge in [0, 0.05) is 5.56 Å². The number of rotatable bonds is 15. The molecule has 0 spiro atoms. The van der Waals surface area contributed by atoms with Crippen LogP contribution in [-0.2, 0) is 4.74 Å². The SMILES string of the molecule is CCC(CC)c1c(F)c(F)c(-c2nnc(-c3c(F)c(F)c(O/C(C)=C/C=C(\C)C(/C(C)=C/C=C(\C)OC(C)(CC)CC)(C(F)(F)F)C(F)(F)F)c(F)c3F)o2)c(F)c1F. The molecule has 0 saturated carbocycles. The second-order valence-corrected chi connectivity index (χ2v) is 13.8. The molecule has 0 aliphatic heterocycles. The van der Waals surface area contributed by atoms with Crippen molar-refractivity contribution in [2.24, 2.45) is 5.41 Å². The average molecular weight is 863 g/mol. The van der Waals surface area contributed by atoms with E-state index in [4.69, 9.17) is 13.9 Å². The minimum Gasteiger partial charge on any atom is -0.492 e. The van der Waals surface area contributed by atoms with Crippen LogP contribution in [0.2, 0.25) is 0 Å². The van der Waals surface area contributed by atoms with E-state index in [2.05, 4.69) is 10.2 Å². The second-order valence-electron chi connectivity index (χ2n) is 13.8. The van der Waals surface area contributed by atoms with Gasteiger partial charge in [0.05, 0.1) is 5.76 Å². The van der Waals surface area contributed by atoms with E-state index in [1.165, 1.54) is 20.8 Å². The number of nitrogens with zero attached hydrogens (tertiary/aromatic N) is 2. The first-order chi connectivity index (χ1) is 27.2. The van der Waals surface area contributed by atoms with Crippen LogP contribution in [0, 0.1) is 52.0 Å². The van der Waals surface area contributed by atoms with Gasteiger partial charge in [0.2, 0.25) is 22.8 Å². The van der Waals surface area contributed by atoms with Gasteiger partial charge in [0.1, 0.15) is 22.5 Å². The van der Waals surface area contributed by atoms with Gasteiger partial charge in [-0.25, -0.2) is 26.3 Å². The molecule has 0 bridgehead atoms. The molecule has 0 aliphatic carbocycles. The Hall–Kier alpha value is -4.84. The van der Waals surface area contributed by atoms with Crippen LogP contribution in [0.3, 0.4) is 0 Å². The van der Waals surface area contributed by atoms with Gasteiger partial charge in [-0.05, 0) is 89.5 Å². The van der Waals surface area contributed by atoms with Gasteiger partial charge in [-0.1, -0.05) is 39.8 Å². The molecule has 3 rings (SSSR count). The lowest BCUT2D eigenvalue weighted by Gasteiger charge is -2.39. The summed E-state index contributed by atoms with van der Waals surface area (Å²) in [5, 5.41) is 6.21. The van der Waals surface area contributed by atoms with Crippen LogP contribution in [0.5, 0.6) is 5.75 Å². The van der Waals surface area contributed by atoms with Gasteiger partial charge in [0.15, 0.2) is 34.9 Å². The minimum absolute atomic E-state index is 0.0180. The van der Waals surface area contributed by atoms with E-state index in [9.17, 15) is 35.1 Å². The maximum atomic E-state index is 15.3. The molecule has 0 saturated heterocycles. The van der Waals surface area contributed by atoms with E-state index in [1.54, 1.807) is 20.8 Å². The van der Waals surface area contributed by atoms with E-state index in [0.29, 0.717) is 38.8 Å². The topological polar surface area (TPSA) is 57.4 Å². The maximum Gasteiger partial charge on any atom is 0.410 e. The zero-order valence-corrected chi connectivity index (χ0v) is 33.1. The van der Waals surface area contributed by atoms with Crippen LogP contribution in [0.15, 0.2) is 51.4 Å². The highest BCUT2D eigenvalue weighted by Crippen LogP contribution is 2.59. The highest BCUT2D eigenvalue weighted by atomic mass is 19.4. The van der Waals surface area contributed by atoms with Crippen molar-refractivity contribution in [1.29, 1.82) is 0 Å². The molecule has 59 heavy (non-hydrogen) atoms. The molecule has 1 aromatic heterocycles. The third-order valence-corrected chi connectivity index (χ3v) is 10.1. The fraction of sp³-hybridized carbons (Fsp3) is 0.450. The molecule has 0 atom stereocenters. The number of benzene rings is 2. The summed E-state index contributed by atoms with van der Waals surface area (Å²) in [5.74, 6) is -23.6. The first-order valence-electron chi connectivity index (χ1n) is 18.0. The lowest BCUT2D eigenvalue weighted by Crippen LogP contribution is -2.51. The van der Waals surface area contributed by atoms with Crippen molar-refractivity contribution in [3.8, 4) is 28.7 Å². The number of halogens is 14. The highest BCUT2D eigenvalue weighted by molar-refractivity contribution is 5.62. The normalized spacial score (nSPS) is 14.2. The zero-order chi connectivity index (χ0) is 45.2. The molecule has 19 heteroatoms. The Labute approximate surface area is 330 Å². The maximum absolute atomic E-state index is 15.3. The van der Waals surface area contributed by atoms with Gasteiger partial charge in [-0.2, -0.15) is 35.1 Å². The molecule has 5 nitrogen and oxygen atoms in total. The van der Waals surface area contributed by atoms with E-state index in [-0.39, 0.29) is 24.7 Å². The Morgan fingerprint density at radius 2 is 0.949 bits per heavy atom. The average Bonchev–Trinajstić information content (AvgIpc) is 3.63. The van der Waals surface area contributed by atoms with Gasteiger partial charge in [-0.3, -0.25) is 0 Å². The summed E-state index contributed by atoms with van der Waals surface area (Å²) in [7, 11) is 0. The van der Waals surface area contributed by atoms with Gasteiger partial charge in [-0.15, -0.1) is 10.2 Å². The summed E-state index contributed by atoms with van der Waals surface area (Å²) < 4.78 is 224. The van der Waals surface area contributed by atoms with Gasteiger partial charge < -0.3 is 13.9 Å². The molecule has 3 aromatic rings. The summed E-state index contributed by atoms with van der Waals surface area (Å²) in [6.07, 6.45) is -8.67. The Morgan fingerprint density at radius 1 is 0.576 bits per heavy atom. The van der Waals surface area contributed by atoms with Crippen LogP contribution in [0.4, 0.5) is 61.5 Å². The standard InChI is InChI=1S/C40H40F14N2O3/c1-10-22(11-2)23-26(41)28(43)24(29(44)27(23)42)35-55-56-36(58-35)25-30(45)32(47)34(33(48)31(25)46)57-20(7)16-14-18(5)38(39(49,50)51,40(52,53)54)19(6)15-17-21(8)59-37(9,12-3)13-4/h14-17,22H,10-13H2,1-9H3/b18-14+,19-15+,20-16+,21-17+. The van der Waals surface area contributed by atoms with E-state index < -0.39 is 127 Å². The van der Waals surface area contributed by atoms with Crippen molar-refractivity contribution in [2.75, 3.05) is 0 Å². The molecular weight excluding hydrogens is 822 g/mol.